The normalized spacial score (nSPS) is 17.5. The molecule has 1 heterocycles. The number of carbonyl (C=O) groups excluding carboxylic acids is 1. The van der Waals surface area contributed by atoms with E-state index in [4.69, 9.17) is 9.84 Å². The number of hydrogen-bond donors (Lipinski definition) is 2. The zero-order valence-corrected chi connectivity index (χ0v) is 9.40. The summed E-state index contributed by atoms with van der Waals surface area (Å²) in [6, 6.07) is 5.35. The van der Waals surface area contributed by atoms with Gasteiger partial charge in [0.2, 0.25) is 5.91 Å². The first-order valence-electron chi connectivity index (χ1n) is 5.33. The number of ether oxygens (including phenoxy) is 1. The van der Waals surface area contributed by atoms with Crippen LogP contribution in [0.15, 0.2) is 18.2 Å². The number of fused-ring (bicyclic) bond motifs is 1. The highest BCUT2D eigenvalue weighted by Crippen LogP contribution is 2.41. The van der Waals surface area contributed by atoms with Crippen molar-refractivity contribution in [3.05, 3.63) is 23.8 Å². The van der Waals surface area contributed by atoms with Crippen molar-refractivity contribution >= 4 is 17.6 Å². The second-order valence-electron chi connectivity index (χ2n) is 3.90. The zero-order chi connectivity index (χ0) is 12.4. The van der Waals surface area contributed by atoms with Crippen LogP contribution in [-0.4, -0.2) is 24.1 Å². The Balaban J connectivity index is 2.31. The first-order valence-corrected chi connectivity index (χ1v) is 5.33. The van der Waals surface area contributed by atoms with Gasteiger partial charge in [-0.15, -0.1) is 0 Å². The van der Waals surface area contributed by atoms with E-state index in [1.165, 1.54) is 7.11 Å². The fraction of sp³-hybridized carbons (Fsp3) is 0.333. The number of carboxylic acid groups (broad SMARTS) is 1. The number of rotatable bonds is 4. The molecule has 1 amide bonds. The van der Waals surface area contributed by atoms with Crippen LogP contribution in [0.25, 0.3) is 0 Å². The van der Waals surface area contributed by atoms with Crippen molar-refractivity contribution in [3.63, 3.8) is 0 Å². The minimum absolute atomic E-state index is 0.0322. The molecule has 0 radical (unpaired) electrons. The van der Waals surface area contributed by atoms with Crippen molar-refractivity contribution in [2.75, 3.05) is 12.4 Å². The number of carbonyl (C=O) groups is 2. The van der Waals surface area contributed by atoms with E-state index in [2.05, 4.69) is 5.32 Å². The third-order valence-electron chi connectivity index (χ3n) is 2.86. The van der Waals surface area contributed by atoms with E-state index < -0.39 is 11.9 Å². The SMILES string of the molecule is COc1cccc2c1C(CCC(=O)O)C(=O)N2. The van der Waals surface area contributed by atoms with Crippen LogP contribution in [0.2, 0.25) is 0 Å². The summed E-state index contributed by atoms with van der Waals surface area (Å²) in [6.45, 7) is 0. The molecular weight excluding hydrogens is 222 g/mol. The summed E-state index contributed by atoms with van der Waals surface area (Å²) in [4.78, 5) is 22.3. The maximum atomic E-state index is 11.8. The molecule has 0 aromatic heterocycles. The Bertz CT molecular complexity index is 470. The summed E-state index contributed by atoms with van der Waals surface area (Å²) in [5.74, 6) is -0.875. The van der Waals surface area contributed by atoms with Crippen LogP contribution in [0.4, 0.5) is 5.69 Å². The lowest BCUT2D eigenvalue weighted by Gasteiger charge is -2.11. The Kier molecular flexibility index (Phi) is 2.99. The second-order valence-corrected chi connectivity index (χ2v) is 3.90. The third kappa shape index (κ3) is 2.08. The molecule has 1 aromatic rings. The Morgan fingerprint density at radius 1 is 1.53 bits per heavy atom. The Morgan fingerprint density at radius 3 is 2.94 bits per heavy atom. The maximum absolute atomic E-state index is 11.8. The number of benzene rings is 1. The van der Waals surface area contributed by atoms with E-state index in [1.807, 2.05) is 0 Å². The molecule has 0 saturated carbocycles. The van der Waals surface area contributed by atoms with Gasteiger partial charge in [0.1, 0.15) is 5.75 Å². The van der Waals surface area contributed by atoms with Crippen LogP contribution >= 0.6 is 0 Å². The standard InChI is InChI=1S/C12H13NO4/c1-17-9-4-2-3-8-11(9)7(12(16)13-8)5-6-10(14)15/h2-4,7H,5-6H2,1H3,(H,13,16)(H,14,15). The van der Waals surface area contributed by atoms with Crippen LogP contribution in [0.3, 0.4) is 0 Å². The molecule has 1 aromatic carbocycles. The van der Waals surface area contributed by atoms with Gasteiger partial charge in [0, 0.05) is 17.7 Å². The molecule has 5 nitrogen and oxygen atoms in total. The molecule has 2 N–H and O–H groups in total. The topological polar surface area (TPSA) is 75.6 Å². The molecule has 5 heteroatoms. The average Bonchev–Trinajstić information content (AvgIpc) is 2.61. The number of hydrogen-bond acceptors (Lipinski definition) is 3. The largest absolute Gasteiger partial charge is 0.496 e. The van der Waals surface area contributed by atoms with Gasteiger partial charge < -0.3 is 15.2 Å². The smallest absolute Gasteiger partial charge is 0.303 e. The summed E-state index contributed by atoms with van der Waals surface area (Å²) in [5, 5.41) is 11.4. The fourth-order valence-electron chi connectivity index (χ4n) is 2.08. The lowest BCUT2D eigenvalue weighted by Crippen LogP contribution is -2.13. The lowest BCUT2D eigenvalue weighted by atomic mass is 9.95. The maximum Gasteiger partial charge on any atom is 0.303 e. The first-order chi connectivity index (χ1) is 8.13. The van der Waals surface area contributed by atoms with Gasteiger partial charge in [-0.05, 0) is 18.6 Å². The Labute approximate surface area is 98.4 Å². The van der Waals surface area contributed by atoms with Gasteiger partial charge >= 0.3 is 5.97 Å². The van der Waals surface area contributed by atoms with Crippen LogP contribution in [0.1, 0.15) is 24.3 Å². The predicted molar refractivity (Wildman–Crippen MR) is 61.2 cm³/mol. The summed E-state index contributed by atoms with van der Waals surface area (Å²) in [6.07, 6.45) is 0.254. The van der Waals surface area contributed by atoms with Gasteiger partial charge in [-0.2, -0.15) is 0 Å². The van der Waals surface area contributed by atoms with Gasteiger partial charge in [0.25, 0.3) is 0 Å². The van der Waals surface area contributed by atoms with Gasteiger partial charge in [0.05, 0.1) is 13.0 Å². The third-order valence-corrected chi connectivity index (χ3v) is 2.86. The van der Waals surface area contributed by atoms with Gasteiger partial charge in [0.15, 0.2) is 0 Å². The minimum atomic E-state index is -0.902. The van der Waals surface area contributed by atoms with Gasteiger partial charge in [-0.1, -0.05) is 6.07 Å². The Morgan fingerprint density at radius 2 is 2.29 bits per heavy atom. The lowest BCUT2D eigenvalue weighted by molar-refractivity contribution is -0.137. The molecule has 0 saturated heterocycles. The van der Waals surface area contributed by atoms with Crippen LogP contribution < -0.4 is 10.1 Å². The van der Waals surface area contributed by atoms with Crippen LogP contribution in [-0.2, 0) is 9.59 Å². The van der Waals surface area contributed by atoms with Crippen LogP contribution in [0.5, 0.6) is 5.75 Å². The quantitative estimate of drug-likeness (QED) is 0.831. The fourth-order valence-corrected chi connectivity index (χ4v) is 2.08. The van der Waals surface area contributed by atoms with Crippen molar-refractivity contribution < 1.29 is 19.4 Å². The van der Waals surface area contributed by atoms with E-state index in [0.29, 0.717) is 11.4 Å². The molecule has 1 atom stereocenters. The predicted octanol–water partition coefficient (Wildman–Crippen LogP) is 1.60. The number of carboxylic acids is 1. The highest BCUT2D eigenvalue weighted by molar-refractivity contribution is 6.04. The van der Waals surface area contributed by atoms with Crippen molar-refractivity contribution in [2.45, 2.75) is 18.8 Å². The zero-order valence-electron chi connectivity index (χ0n) is 9.40. The molecule has 17 heavy (non-hydrogen) atoms. The average molecular weight is 235 g/mol. The number of nitrogens with one attached hydrogen (secondary N) is 1. The molecule has 90 valence electrons. The second kappa shape index (κ2) is 4.45. The molecule has 1 unspecified atom stereocenters. The molecular formula is C12H13NO4. The van der Waals surface area contributed by atoms with Gasteiger partial charge in [-0.3, -0.25) is 9.59 Å². The van der Waals surface area contributed by atoms with Crippen molar-refractivity contribution in [2.24, 2.45) is 0 Å². The van der Waals surface area contributed by atoms with E-state index >= 15 is 0 Å². The molecule has 1 aliphatic rings. The van der Waals surface area contributed by atoms with Crippen LogP contribution in [0, 0.1) is 0 Å². The molecule has 1 aliphatic heterocycles. The molecule has 2 rings (SSSR count). The molecule has 0 spiro atoms. The van der Waals surface area contributed by atoms with Crippen molar-refractivity contribution in [3.8, 4) is 5.75 Å². The minimum Gasteiger partial charge on any atom is -0.496 e. The molecule has 0 fully saturated rings. The number of anilines is 1. The summed E-state index contributed by atoms with van der Waals surface area (Å²) < 4.78 is 5.20. The summed E-state index contributed by atoms with van der Waals surface area (Å²) >= 11 is 0. The van der Waals surface area contributed by atoms with E-state index in [1.54, 1.807) is 18.2 Å². The van der Waals surface area contributed by atoms with E-state index in [9.17, 15) is 9.59 Å². The molecule has 0 bridgehead atoms. The first kappa shape index (κ1) is 11.4. The van der Waals surface area contributed by atoms with Gasteiger partial charge in [-0.25, -0.2) is 0 Å². The summed E-state index contributed by atoms with van der Waals surface area (Å²) in [7, 11) is 1.53. The highest BCUT2D eigenvalue weighted by Gasteiger charge is 2.33. The number of amides is 1. The number of methoxy groups -OCH3 is 1. The van der Waals surface area contributed by atoms with E-state index in [0.717, 1.165) is 5.56 Å². The monoisotopic (exact) mass is 235 g/mol. The number of aliphatic carboxylic acids is 1. The van der Waals surface area contributed by atoms with Crippen molar-refractivity contribution in [1.82, 2.24) is 0 Å². The molecule has 0 aliphatic carbocycles. The summed E-state index contributed by atoms with van der Waals surface area (Å²) in [5.41, 5.74) is 1.48. The van der Waals surface area contributed by atoms with E-state index in [-0.39, 0.29) is 18.7 Å². The highest BCUT2D eigenvalue weighted by atomic mass is 16.5. The Hall–Kier alpha value is -2.04. The van der Waals surface area contributed by atoms with Crippen molar-refractivity contribution in [1.29, 1.82) is 0 Å².